The van der Waals surface area contributed by atoms with Gasteiger partial charge in [0.1, 0.15) is 0 Å². The van der Waals surface area contributed by atoms with E-state index in [0.717, 1.165) is 4.57 Å². The fourth-order valence-electron chi connectivity index (χ4n) is 2.40. The Hall–Kier alpha value is -2.45. The summed E-state index contributed by atoms with van der Waals surface area (Å²) in [4.78, 5) is 39.2. The Morgan fingerprint density at radius 1 is 1.28 bits per heavy atom. The van der Waals surface area contributed by atoms with Gasteiger partial charge in [-0.1, -0.05) is 0 Å². The van der Waals surface area contributed by atoms with E-state index in [0.29, 0.717) is 42.6 Å². The van der Waals surface area contributed by atoms with E-state index in [2.05, 4.69) is 10.3 Å². The summed E-state index contributed by atoms with van der Waals surface area (Å²) in [5.41, 5.74) is -0.206. The van der Waals surface area contributed by atoms with Crippen molar-refractivity contribution in [2.75, 3.05) is 33.5 Å². The number of hydrogen-bond acceptors (Lipinski definition) is 5. The Labute approximate surface area is 144 Å². The molecule has 0 bridgehead atoms. The van der Waals surface area contributed by atoms with Crippen molar-refractivity contribution in [3.63, 3.8) is 0 Å². The number of rotatable bonds is 9. The SMILES string of the molecule is CCOCCCNC(=O)c1ccc2c(=O)n(CCOC)c(=O)[nH]c2c1. The number of carbonyl (C=O) groups is 1. The number of fused-ring (bicyclic) bond motifs is 1. The highest BCUT2D eigenvalue weighted by Gasteiger charge is 2.11. The molecule has 1 amide bonds. The second-order valence-electron chi connectivity index (χ2n) is 5.45. The lowest BCUT2D eigenvalue weighted by molar-refractivity contribution is 0.0944. The van der Waals surface area contributed by atoms with Gasteiger partial charge in [-0.15, -0.1) is 0 Å². The Morgan fingerprint density at radius 3 is 2.80 bits per heavy atom. The molecule has 136 valence electrons. The van der Waals surface area contributed by atoms with Crippen LogP contribution in [0.3, 0.4) is 0 Å². The zero-order valence-corrected chi connectivity index (χ0v) is 14.5. The van der Waals surface area contributed by atoms with Crippen LogP contribution in [0.5, 0.6) is 0 Å². The van der Waals surface area contributed by atoms with Crippen molar-refractivity contribution in [1.82, 2.24) is 14.9 Å². The number of methoxy groups -OCH3 is 1. The molecule has 0 aliphatic heterocycles. The Bertz CT molecular complexity index is 840. The van der Waals surface area contributed by atoms with Gasteiger partial charge in [0.2, 0.25) is 0 Å². The first-order valence-electron chi connectivity index (χ1n) is 8.20. The predicted octanol–water partition coefficient (Wildman–Crippen LogP) is 0.493. The third-order valence-corrected chi connectivity index (χ3v) is 3.72. The highest BCUT2D eigenvalue weighted by Crippen LogP contribution is 2.09. The number of amides is 1. The molecule has 0 aliphatic rings. The zero-order chi connectivity index (χ0) is 18.2. The minimum atomic E-state index is -0.524. The number of nitrogens with zero attached hydrogens (tertiary/aromatic N) is 1. The highest BCUT2D eigenvalue weighted by molar-refractivity contribution is 5.97. The zero-order valence-electron chi connectivity index (χ0n) is 14.5. The first-order chi connectivity index (χ1) is 12.1. The van der Waals surface area contributed by atoms with Crippen molar-refractivity contribution < 1.29 is 14.3 Å². The van der Waals surface area contributed by atoms with E-state index >= 15 is 0 Å². The Balaban J connectivity index is 2.18. The van der Waals surface area contributed by atoms with Crippen LogP contribution in [0.25, 0.3) is 10.9 Å². The van der Waals surface area contributed by atoms with Crippen molar-refractivity contribution in [1.29, 1.82) is 0 Å². The van der Waals surface area contributed by atoms with Crippen LogP contribution in [0, 0.1) is 0 Å². The average Bonchev–Trinajstić information content (AvgIpc) is 2.60. The van der Waals surface area contributed by atoms with Crippen molar-refractivity contribution in [2.45, 2.75) is 19.9 Å². The first kappa shape index (κ1) is 18.9. The largest absolute Gasteiger partial charge is 0.383 e. The molecule has 2 N–H and O–H groups in total. The number of aromatic amines is 1. The number of aromatic nitrogens is 2. The summed E-state index contributed by atoms with van der Waals surface area (Å²) in [6, 6.07) is 4.63. The summed E-state index contributed by atoms with van der Waals surface area (Å²) in [7, 11) is 1.50. The fourth-order valence-corrected chi connectivity index (χ4v) is 2.40. The van der Waals surface area contributed by atoms with E-state index in [9.17, 15) is 14.4 Å². The quantitative estimate of drug-likeness (QED) is 0.642. The maximum atomic E-state index is 12.4. The van der Waals surface area contributed by atoms with Crippen LogP contribution in [-0.4, -0.2) is 48.9 Å². The van der Waals surface area contributed by atoms with E-state index in [1.165, 1.54) is 13.2 Å². The average molecular weight is 349 g/mol. The van der Waals surface area contributed by atoms with Gasteiger partial charge >= 0.3 is 5.69 Å². The molecule has 0 spiro atoms. The minimum Gasteiger partial charge on any atom is -0.383 e. The molecule has 1 aromatic carbocycles. The van der Waals surface area contributed by atoms with Gasteiger partial charge in [0.15, 0.2) is 0 Å². The van der Waals surface area contributed by atoms with E-state index in [4.69, 9.17) is 9.47 Å². The molecule has 0 radical (unpaired) electrons. The minimum absolute atomic E-state index is 0.169. The lowest BCUT2D eigenvalue weighted by Crippen LogP contribution is -2.36. The van der Waals surface area contributed by atoms with Crippen LogP contribution >= 0.6 is 0 Å². The van der Waals surface area contributed by atoms with Gasteiger partial charge in [0.05, 0.1) is 24.1 Å². The maximum absolute atomic E-state index is 12.4. The predicted molar refractivity (Wildman–Crippen MR) is 94.1 cm³/mol. The van der Waals surface area contributed by atoms with Crippen LogP contribution in [0.1, 0.15) is 23.7 Å². The Morgan fingerprint density at radius 2 is 2.08 bits per heavy atom. The number of H-pyrrole nitrogens is 1. The second kappa shape index (κ2) is 9.14. The van der Waals surface area contributed by atoms with Crippen LogP contribution < -0.4 is 16.6 Å². The van der Waals surface area contributed by atoms with Gasteiger partial charge in [0, 0.05) is 32.4 Å². The molecule has 2 aromatic rings. The summed E-state index contributed by atoms with van der Waals surface area (Å²) in [5, 5.41) is 3.13. The van der Waals surface area contributed by atoms with E-state index in [-0.39, 0.29) is 19.1 Å². The van der Waals surface area contributed by atoms with Crippen LogP contribution in [0.15, 0.2) is 27.8 Å². The van der Waals surface area contributed by atoms with Crippen molar-refractivity contribution in [3.8, 4) is 0 Å². The number of ether oxygens (including phenoxy) is 2. The lowest BCUT2D eigenvalue weighted by Gasteiger charge is -2.08. The standard InChI is InChI=1S/C17H23N3O5/c1-3-25-9-4-7-18-15(21)12-5-6-13-14(11-12)19-17(23)20(16(13)22)8-10-24-2/h5-6,11H,3-4,7-10H2,1-2H3,(H,18,21)(H,19,23). The summed E-state index contributed by atoms with van der Waals surface area (Å²) in [6.07, 6.45) is 0.716. The number of carbonyl (C=O) groups excluding carboxylic acids is 1. The molecule has 0 aliphatic carbocycles. The molecule has 2 rings (SSSR count). The monoisotopic (exact) mass is 349 g/mol. The van der Waals surface area contributed by atoms with E-state index in [1.807, 2.05) is 6.92 Å². The highest BCUT2D eigenvalue weighted by atomic mass is 16.5. The molecule has 0 atom stereocenters. The number of nitrogens with one attached hydrogen (secondary N) is 2. The van der Waals surface area contributed by atoms with Gasteiger partial charge < -0.3 is 19.8 Å². The second-order valence-corrected chi connectivity index (χ2v) is 5.45. The van der Waals surface area contributed by atoms with E-state index < -0.39 is 11.2 Å². The molecule has 0 saturated carbocycles. The molecule has 8 nitrogen and oxygen atoms in total. The molecule has 0 fully saturated rings. The van der Waals surface area contributed by atoms with Gasteiger partial charge in [-0.3, -0.25) is 14.2 Å². The molecule has 0 unspecified atom stereocenters. The summed E-state index contributed by atoms with van der Waals surface area (Å²) in [5.74, 6) is -0.261. The van der Waals surface area contributed by atoms with Crippen molar-refractivity contribution in [3.05, 3.63) is 44.6 Å². The van der Waals surface area contributed by atoms with Gasteiger partial charge in [-0.05, 0) is 31.5 Å². The number of benzene rings is 1. The summed E-state index contributed by atoms with van der Waals surface area (Å²) in [6.45, 7) is 4.07. The third-order valence-electron chi connectivity index (χ3n) is 3.72. The first-order valence-corrected chi connectivity index (χ1v) is 8.20. The Kier molecular flexibility index (Phi) is 6.91. The fraction of sp³-hybridized carbons (Fsp3) is 0.471. The van der Waals surface area contributed by atoms with Crippen LogP contribution in [-0.2, 0) is 16.0 Å². The topological polar surface area (TPSA) is 102 Å². The molecule has 25 heavy (non-hydrogen) atoms. The van der Waals surface area contributed by atoms with Crippen molar-refractivity contribution >= 4 is 16.8 Å². The third kappa shape index (κ3) is 4.77. The molecule has 8 heteroatoms. The smallest absolute Gasteiger partial charge is 0.328 e. The van der Waals surface area contributed by atoms with E-state index in [1.54, 1.807) is 12.1 Å². The van der Waals surface area contributed by atoms with Crippen LogP contribution in [0.4, 0.5) is 0 Å². The summed E-state index contributed by atoms with van der Waals surface area (Å²) < 4.78 is 11.2. The van der Waals surface area contributed by atoms with Gasteiger partial charge in [-0.25, -0.2) is 4.79 Å². The maximum Gasteiger partial charge on any atom is 0.328 e. The van der Waals surface area contributed by atoms with Crippen LogP contribution in [0.2, 0.25) is 0 Å². The molecular weight excluding hydrogens is 326 g/mol. The number of hydrogen-bond donors (Lipinski definition) is 2. The summed E-state index contributed by atoms with van der Waals surface area (Å²) >= 11 is 0. The van der Waals surface area contributed by atoms with Gasteiger partial charge in [0.25, 0.3) is 11.5 Å². The van der Waals surface area contributed by atoms with Gasteiger partial charge in [-0.2, -0.15) is 0 Å². The van der Waals surface area contributed by atoms with Crippen molar-refractivity contribution in [2.24, 2.45) is 0 Å². The molecule has 1 aromatic heterocycles. The molecule has 1 heterocycles. The molecule has 0 saturated heterocycles. The lowest BCUT2D eigenvalue weighted by atomic mass is 10.1. The molecular formula is C17H23N3O5. The normalized spacial score (nSPS) is 11.0.